The zero-order chi connectivity index (χ0) is 15.6. The predicted octanol–water partition coefficient (Wildman–Crippen LogP) is 3.32. The van der Waals surface area contributed by atoms with Gasteiger partial charge in [0.15, 0.2) is 5.82 Å². The molecule has 0 fully saturated rings. The number of phenols is 2. The number of phenolic OH excluding ortho intramolecular Hbond substituents is 2. The van der Waals surface area contributed by atoms with Crippen LogP contribution in [0.15, 0.2) is 36.4 Å². The molecule has 110 valence electrons. The lowest BCUT2D eigenvalue weighted by Gasteiger charge is -2.17. The van der Waals surface area contributed by atoms with E-state index < -0.39 is 16.8 Å². The molecule has 2 aromatic carbocycles. The second kappa shape index (κ2) is 5.66. The fourth-order valence-electron chi connectivity index (χ4n) is 2.00. The van der Waals surface area contributed by atoms with E-state index >= 15 is 0 Å². The summed E-state index contributed by atoms with van der Waals surface area (Å²) in [5.74, 6) is -1.05. The van der Waals surface area contributed by atoms with Crippen LogP contribution in [0.25, 0.3) is 0 Å². The average molecular weight is 292 g/mol. The summed E-state index contributed by atoms with van der Waals surface area (Å²) in [7, 11) is 0. The first-order valence-corrected chi connectivity index (χ1v) is 6.11. The van der Waals surface area contributed by atoms with Crippen LogP contribution in [0.2, 0.25) is 0 Å². The van der Waals surface area contributed by atoms with Gasteiger partial charge in [-0.3, -0.25) is 10.1 Å². The van der Waals surface area contributed by atoms with Crippen LogP contribution in [0.4, 0.5) is 15.8 Å². The summed E-state index contributed by atoms with van der Waals surface area (Å²) >= 11 is 0. The molecule has 0 saturated carbocycles. The number of halogens is 1. The van der Waals surface area contributed by atoms with Crippen molar-refractivity contribution in [1.29, 1.82) is 0 Å². The molecule has 0 aliphatic rings. The van der Waals surface area contributed by atoms with Gasteiger partial charge in [0, 0.05) is 17.7 Å². The molecule has 21 heavy (non-hydrogen) atoms. The van der Waals surface area contributed by atoms with Gasteiger partial charge in [0.25, 0.3) is 5.69 Å². The van der Waals surface area contributed by atoms with Gasteiger partial charge in [-0.25, -0.2) is 4.39 Å². The fraction of sp³-hybridized carbons (Fsp3) is 0.143. The second-order valence-electron chi connectivity index (χ2n) is 4.50. The summed E-state index contributed by atoms with van der Waals surface area (Å²) < 4.78 is 13.8. The fourth-order valence-corrected chi connectivity index (χ4v) is 2.00. The number of para-hydroxylation sites is 1. The van der Waals surface area contributed by atoms with Gasteiger partial charge in [-0.05, 0) is 25.1 Å². The van der Waals surface area contributed by atoms with Crippen molar-refractivity contribution in [1.82, 2.24) is 0 Å². The number of rotatable bonds is 4. The summed E-state index contributed by atoms with van der Waals surface area (Å²) in [5.41, 5.74) is -0.257. The highest BCUT2D eigenvalue weighted by Crippen LogP contribution is 2.34. The molecule has 0 heterocycles. The van der Waals surface area contributed by atoms with Crippen LogP contribution in [0.3, 0.4) is 0 Å². The molecule has 2 aromatic rings. The van der Waals surface area contributed by atoms with Gasteiger partial charge in [0.05, 0.1) is 11.0 Å². The van der Waals surface area contributed by atoms with Crippen LogP contribution in [0, 0.1) is 15.9 Å². The van der Waals surface area contributed by atoms with E-state index in [1.54, 1.807) is 6.92 Å². The molecule has 0 amide bonds. The Morgan fingerprint density at radius 3 is 2.62 bits per heavy atom. The lowest BCUT2D eigenvalue weighted by atomic mass is 10.1. The molecule has 0 aliphatic heterocycles. The van der Waals surface area contributed by atoms with Crippen molar-refractivity contribution in [3.8, 4) is 11.5 Å². The van der Waals surface area contributed by atoms with Crippen molar-refractivity contribution in [3.63, 3.8) is 0 Å². The van der Waals surface area contributed by atoms with E-state index in [2.05, 4.69) is 5.32 Å². The molecule has 0 aliphatic carbocycles. The SMILES string of the molecule is CC(Nc1c(F)cccc1[N+](=O)[O-])c1ccc(O)cc1O. The molecule has 1 unspecified atom stereocenters. The minimum Gasteiger partial charge on any atom is -0.508 e. The number of aromatic hydroxyl groups is 2. The molecule has 2 rings (SSSR count). The van der Waals surface area contributed by atoms with Gasteiger partial charge in [0.2, 0.25) is 0 Å². The highest BCUT2D eigenvalue weighted by atomic mass is 19.1. The molecular formula is C14H13FN2O4. The van der Waals surface area contributed by atoms with Gasteiger partial charge >= 0.3 is 0 Å². The summed E-state index contributed by atoms with van der Waals surface area (Å²) in [6.07, 6.45) is 0. The van der Waals surface area contributed by atoms with Crippen LogP contribution >= 0.6 is 0 Å². The van der Waals surface area contributed by atoms with E-state index in [9.17, 15) is 24.7 Å². The van der Waals surface area contributed by atoms with Crippen LogP contribution < -0.4 is 5.32 Å². The maximum Gasteiger partial charge on any atom is 0.295 e. The van der Waals surface area contributed by atoms with E-state index in [1.807, 2.05) is 0 Å². The van der Waals surface area contributed by atoms with Crippen LogP contribution in [-0.2, 0) is 0 Å². The predicted molar refractivity (Wildman–Crippen MR) is 74.9 cm³/mol. The van der Waals surface area contributed by atoms with Crippen LogP contribution in [0.1, 0.15) is 18.5 Å². The van der Waals surface area contributed by atoms with Crippen molar-refractivity contribution in [3.05, 3.63) is 57.9 Å². The topological polar surface area (TPSA) is 95.6 Å². The molecule has 3 N–H and O–H groups in total. The normalized spacial score (nSPS) is 11.9. The Labute approximate surface area is 119 Å². The summed E-state index contributed by atoms with van der Waals surface area (Å²) in [4.78, 5) is 10.2. The molecule has 0 aromatic heterocycles. The van der Waals surface area contributed by atoms with Crippen molar-refractivity contribution < 1.29 is 19.5 Å². The van der Waals surface area contributed by atoms with E-state index in [1.165, 1.54) is 24.3 Å². The zero-order valence-electron chi connectivity index (χ0n) is 11.1. The Kier molecular flexibility index (Phi) is 3.93. The number of hydrogen-bond acceptors (Lipinski definition) is 5. The van der Waals surface area contributed by atoms with Crippen molar-refractivity contribution >= 4 is 11.4 Å². The first kappa shape index (κ1) is 14.6. The van der Waals surface area contributed by atoms with Gasteiger partial charge in [-0.2, -0.15) is 0 Å². The maximum atomic E-state index is 13.8. The van der Waals surface area contributed by atoms with Gasteiger partial charge < -0.3 is 15.5 Å². The summed E-state index contributed by atoms with van der Waals surface area (Å²) in [5, 5.41) is 32.6. The molecule has 0 spiro atoms. The monoisotopic (exact) mass is 292 g/mol. The van der Waals surface area contributed by atoms with E-state index in [0.717, 1.165) is 12.1 Å². The third-order valence-electron chi connectivity index (χ3n) is 3.03. The number of nitrogens with zero attached hydrogens (tertiary/aromatic N) is 1. The largest absolute Gasteiger partial charge is 0.508 e. The first-order valence-electron chi connectivity index (χ1n) is 6.11. The zero-order valence-corrected chi connectivity index (χ0v) is 11.1. The minimum absolute atomic E-state index is 0.111. The van der Waals surface area contributed by atoms with E-state index in [0.29, 0.717) is 5.56 Å². The number of nitro benzene ring substituents is 1. The van der Waals surface area contributed by atoms with Gasteiger partial charge in [0.1, 0.15) is 17.2 Å². The van der Waals surface area contributed by atoms with Crippen molar-refractivity contribution in [2.24, 2.45) is 0 Å². The number of hydrogen-bond donors (Lipinski definition) is 3. The van der Waals surface area contributed by atoms with E-state index in [4.69, 9.17) is 0 Å². The molecule has 0 radical (unpaired) electrons. The Hall–Kier alpha value is -2.83. The Morgan fingerprint density at radius 2 is 2.00 bits per heavy atom. The number of benzene rings is 2. The highest BCUT2D eigenvalue weighted by molar-refractivity contribution is 5.63. The van der Waals surface area contributed by atoms with Crippen molar-refractivity contribution in [2.75, 3.05) is 5.32 Å². The van der Waals surface area contributed by atoms with Crippen molar-refractivity contribution in [2.45, 2.75) is 13.0 Å². The number of nitro groups is 1. The molecule has 0 bridgehead atoms. The minimum atomic E-state index is -0.755. The molecular weight excluding hydrogens is 279 g/mol. The third-order valence-corrected chi connectivity index (χ3v) is 3.03. The molecule has 0 saturated heterocycles. The Morgan fingerprint density at radius 1 is 1.29 bits per heavy atom. The van der Waals surface area contributed by atoms with Crippen LogP contribution in [0.5, 0.6) is 11.5 Å². The smallest absolute Gasteiger partial charge is 0.295 e. The molecule has 1 atom stereocenters. The van der Waals surface area contributed by atoms with Gasteiger partial charge in [-0.1, -0.05) is 6.07 Å². The lowest BCUT2D eigenvalue weighted by Crippen LogP contribution is -2.10. The van der Waals surface area contributed by atoms with E-state index in [-0.39, 0.29) is 22.9 Å². The summed E-state index contributed by atoms with van der Waals surface area (Å²) in [6, 6.07) is 6.91. The van der Waals surface area contributed by atoms with Gasteiger partial charge in [-0.15, -0.1) is 0 Å². The molecule has 7 heteroatoms. The standard InChI is InChI=1S/C14H13FN2O4/c1-8(10-6-5-9(18)7-13(10)19)16-14-11(15)3-2-4-12(14)17(20)21/h2-8,16,18-19H,1H3. The third kappa shape index (κ3) is 3.02. The first-order chi connectivity index (χ1) is 9.90. The highest BCUT2D eigenvalue weighted by Gasteiger charge is 2.21. The quantitative estimate of drug-likeness (QED) is 0.593. The Bertz CT molecular complexity index is 691. The lowest BCUT2D eigenvalue weighted by molar-refractivity contribution is -0.384. The number of nitrogens with one attached hydrogen (secondary N) is 1. The molecule has 6 nitrogen and oxygen atoms in total. The maximum absolute atomic E-state index is 13.8. The Balaban J connectivity index is 2.36. The summed E-state index contributed by atoms with van der Waals surface area (Å²) in [6.45, 7) is 1.61. The average Bonchev–Trinajstić information content (AvgIpc) is 2.40. The number of anilines is 1. The second-order valence-corrected chi connectivity index (χ2v) is 4.50. The van der Waals surface area contributed by atoms with Crippen LogP contribution in [-0.4, -0.2) is 15.1 Å².